The number of hydrogen-bond acceptors (Lipinski definition) is 4. The van der Waals surface area contributed by atoms with Gasteiger partial charge in [0, 0.05) is 30.1 Å². The number of benzene rings is 2. The summed E-state index contributed by atoms with van der Waals surface area (Å²) in [7, 11) is 0. The SMILES string of the molecule is CC(C)(COc1ccc(-c2ccc(-c3nc(C(F)(F)F)cn3Cc3ccccc3)cn2)cc1)C(=O)O. The van der Waals surface area contributed by atoms with E-state index in [4.69, 9.17) is 4.74 Å². The molecule has 186 valence electrons. The molecule has 0 amide bonds. The van der Waals surface area contributed by atoms with Gasteiger partial charge in [0.1, 0.15) is 18.2 Å². The molecule has 9 heteroatoms. The summed E-state index contributed by atoms with van der Waals surface area (Å²) in [6, 6.07) is 19.6. The van der Waals surface area contributed by atoms with Crippen LogP contribution in [0, 0.1) is 5.41 Å². The number of pyridine rings is 1. The second-order valence-electron chi connectivity index (χ2n) is 9.00. The van der Waals surface area contributed by atoms with Crippen molar-refractivity contribution in [1.29, 1.82) is 0 Å². The van der Waals surface area contributed by atoms with E-state index in [1.807, 2.05) is 30.3 Å². The number of hydrogen-bond donors (Lipinski definition) is 1. The topological polar surface area (TPSA) is 77.2 Å². The highest BCUT2D eigenvalue weighted by Crippen LogP contribution is 2.32. The van der Waals surface area contributed by atoms with Gasteiger partial charge in [0.2, 0.25) is 0 Å². The van der Waals surface area contributed by atoms with Crippen molar-refractivity contribution in [2.45, 2.75) is 26.6 Å². The van der Waals surface area contributed by atoms with E-state index in [1.54, 1.807) is 50.2 Å². The van der Waals surface area contributed by atoms with Crippen LogP contribution < -0.4 is 4.74 Å². The molecule has 4 rings (SSSR count). The fourth-order valence-corrected chi connectivity index (χ4v) is 3.43. The first kappa shape index (κ1) is 25.0. The Balaban J connectivity index is 1.55. The van der Waals surface area contributed by atoms with E-state index < -0.39 is 23.3 Å². The first-order valence-corrected chi connectivity index (χ1v) is 11.1. The average Bonchev–Trinajstić information content (AvgIpc) is 3.28. The van der Waals surface area contributed by atoms with E-state index >= 15 is 0 Å². The van der Waals surface area contributed by atoms with Gasteiger partial charge in [-0.3, -0.25) is 9.78 Å². The molecule has 0 spiro atoms. The van der Waals surface area contributed by atoms with Crippen molar-refractivity contribution in [3.8, 4) is 28.4 Å². The molecule has 2 heterocycles. The highest BCUT2D eigenvalue weighted by molar-refractivity contribution is 5.73. The van der Waals surface area contributed by atoms with E-state index in [9.17, 15) is 23.1 Å². The van der Waals surface area contributed by atoms with Crippen LogP contribution in [0.5, 0.6) is 5.75 Å². The monoisotopic (exact) mass is 495 g/mol. The summed E-state index contributed by atoms with van der Waals surface area (Å²) in [6.07, 6.45) is -2.05. The number of nitrogens with zero attached hydrogens (tertiary/aromatic N) is 3. The molecular formula is C27H24F3N3O3. The molecule has 0 aliphatic heterocycles. The smallest absolute Gasteiger partial charge is 0.434 e. The van der Waals surface area contributed by atoms with Crippen molar-refractivity contribution in [3.63, 3.8) is 0 Å². The number of rotatable bonds is 8. The minimum absolute atomic E-state index is 0.0180. The number of ether oxygens (including phenoxy) is 1. The third kappa shape index (κ3) is 5.73. The van der Waals surface area contributed by atoms with Crippen LogP contribution in [0.1, 0.15) is 25.1 Å². The fraction of sp³-hybridized carbons (Fsp3) is 0.222. The number of halogens is 3. The standard InChI is InChI=1S/C27H24F3N3O3/c1-26(2,25(34)35)17-36-21-11-8-19(9-12-21)22-13-10-20(14-31-22)24-32-23(27(28,29)30)16-33(24)15-18-6-4-3-5-7-18/h3-14,16H,15,17H2,1-2H3,(H,34,35). The Labute approximate surface area is 206 Å². The Morgan fingerprint density at radius 2 is 1.64 bits per heavy atom. The lowest BCUT2D eigenvalue weighted by molar-refractivity contribution is -0.148. The van der Waals surface area contributed by atoms with Gasteiger partial charge in [-0.1, -0.05) is 30.3 Å². The molecule has 0 saturated carbocycles. The molecule has 0 saturated heterocycles. The minimum atomic E-state index is -4.56. The van der Waals surface area contributed by atoms with E-state index in [0.717, 1.165) is 17.3 Å². The van der Waals surface area contributed by atoms with Gasteiger partial charge >= 0.3 is 12.1 Å². The van der Waals surface area contributed by atoms with Crippen molar-refractivity contribution in [3.05, 3.63) is 90.4 Å². The Kier molecular flexibility index (Phi) is 6.83. The highest BCUT2D eigenvalue weighted by Gasteiger charge is 2.35. The fourth-order valence-electron chi connectivity index (χ4n) is 3.43. The van der Waals surface area contributed by atoms with Gasteiger partial charge in [-0.05, 0) is 55.8 Å². The molecule has 1 N–H and O–H groups in total. The third-order valence-electron chi connectivity index (χ3n) is 5.61. The van der Waals surface area contributed by atoms with Crippen LogP contribution in [0.4, 0.5) is 13.2 Å². The number of alkyl halides is 3. The predicted molar refractivity (Wildman–Crippen MR) is 128 cm³/mol. The second kappa shape index (κ2) is 9.85. The van der Waals surface area contributed by atoms with E-state index in [1.165, 1.54) is 10.8 Å². The van der Waals surface area contributed by atoms with Gasteiger partial charge in [0.15, 0.2) is 5.69 Å². The van der Waals surface area contributed by atoms with Gasteiger partial charge in [0.05, 0.1) is 11.1 Å². The third-order valence-corrected chi connectivity index (χ3v) is 5.61. The maximum absolute atomic E-state index is 13.4. The summed E-state index contributed by atoms with van der Waals surface area (Å²) in [5.74, 6) is -0.252. The summed E-state index contributed by atoms with van der Waals surface area (Å²) in [4.78, 5) is 19.5. The zero-order valence-electron chi connectivity index (χ0n) is 19.7. The van der Waals surface area contributed by atoms with Crippen LogP contribution in [0.25, 0.3) is 22.6 Å². The predicted octanol–water partition coefficient (Wildman–Crippen LogP) is 6.17. The Morgan fingerprint density at radius 3 is 2.22 bits per heavy atom. The van der Waals surface area contributed by atoms with Crippen molar-refractivity contribution in [1.82, 2.24) is 14.5 Å². The lowest BCUT2D eigenvalue weighted by atomic mass is 9.95. The van der Waals surface area contributed by atoms with Crippen molar-refractivity contribution in [2.75, 3.05) is 6.61 Å². The Hall–Kier alpha value is -4.14. The van der Waals surface area contributed by atoms with E-state index in [0.29, 0.717) is 17.0 Å². The summed E-state index contributed by atoms with van der Waals surface area (Å²) in [5, 5.41) is 9.20. The summed E-state index contributed by atoms with van der Waals surface area (Å²) < 4.78 is 47.2. The lowest BCUT2D eigenvalue weighted by Crippen LogP contribution is -2.30. The number of carboxylic acids is 1. The molecule has 2 aromatic heterocycles. The van der Waals surface area contributed by atoms with E-state index in [-0.39, 0.29) is 19.0 Å². The first-order valence-electron chi connectivity index (χ1n) is 11.1. The van der Waals surface area contributed by atoms with Crippen LogP contribution in [-0.2, 0) is 17.5 Å². The molecule has 0 fully saturated rings. The normalized spacial score (nSPS) is 11.9. The molecule has 2 aromatic carbocycles. The van der Waals surface area contributed by atoms with Crippen molar-refractivity contribution in [2.24, 2.45) is 5.41 Å². The molecule has 0 aliphatic rings. The Morgan fingerprint density at radius 1 is 0.972 bits per heavy atom. The minimum Gasteiger partial charge on any atom is -0.492 e. The van der Waals surface area contributed by atoms with Gasteiger partial charge in [-0.15, -0.1) is 0 Å². The zero-order valence-corrected chi connectivity index (χ0v) is 19.7. The van der Waals surface area contributed by atoms with Gasteiger partial charge in [-0.2, -0.15) is 13.2 Å². The summed E-state index contributed by atoms with van der Waals surface area (Å²) in [6.45, 7) is 3.42. The molecule has 0 radical (unpaired) electrons. The zero-order chi connectivity index (χ0) is 25.9. The number of aromatic nitrogens is 3. The molecule has 0 bridgehead atoms. The molecule has 0 atom stereocenters. The number of carboxylic acid groups (broad SMARTS) is 1. The summed E-state index contributed by atoms with van der Waals surface area (Å²) >= 11 is 0. The maximum Gasteiger partial charge on any atom is 0.434 e. The molecule has 6 nitrogen and oxygen atoms in total. The quantitative estimate of drug-likeness (QED) is 0.316. The maximum atomic E-state index is 13.4. The second-order valence-corrected chi connectivity index (χ2v) is 9.00. The average molecular weight is 496 g/mol. The molecule has 4 aromatic rings. The van der Waals surface area contributed by atoms with Crippen LogP contribution in [0.3, 0.4) is 0 Å². The van der Waals surface area contributed by atoms with Crippen LogP contribution in [0.2, 0.25) is 0 Å². The van der Waals surface area contributed by atoms with Gasteiger partial charge in [0.25, 0.3) is 0 Å². The first-order chi connectivity index (χ1) is 17.0. The van der Waals surface area contributed by atoms with E-state index in [2.05, 4.69) is 9.97 Å². The van der Waals surface area contributed by atoms with Gasteiger partial charge < -0.3 is 14.4 Å². The van der Waals surface area contributed by atoms with Gasteiger partial charge in [-0.25, -0.2) is 4.98 Å². The molecule has 0 unspecified atom stereocenters. The van der Waals surface area contributed by atoms with Crippen molar-refractivity contribution < 1.29 is 27.8 Å². The number of imidazole rings is 1. The number of aliphatic carboxylic acids is 1. The molecular weight excluding hydrogens is 471 g/mol. The highest BCUT2D eigenvalue weighted by atomic mass is 19.4. The number of carbonyl (C=O) groups is 1. The summed E-state index contributed by atoms with van der Waals surface area (Å²) in [5.41, 5.74) is 0.723. The molecule has 0 aliphatic carbocycles. The Bertz CT molecular complexity index is 1330. The largest absolute Gasteiger partial charge is 0.492 e. The molecule has 36 heavy (non-hydrogen) atoms. The van der Waals surface area contributed by atoms with Crippen molar-refractivity contribution >= 4 is 5.97 Å². The van der Waals surface area contributed by atoms with Crippen LogP contribution >= 0.6 is 0 Å². The lowest BCUT2D eigenvalue weighted by Gasteiger charge is -2.19. The van der Waals surface area contributed by atoms with Crippen LogP contribution in [0.15, 0.2) is 79.1 Å². The van der Waals surface area contributed by atoms with Crippen LogP contribution in [-0.4, -0.2) is 32.2 Å².